The number of amides is 1. The van der Waals surface area contributed by atoms with Crippen molar-refractivity contribution in [1.82, 2.24) is 4.90 Å². The second-order valence-corrected chi connectivity index (χ2v) is 7.41. The van der Waals surface area contributed by atoms with Crippen molar-refractivity contribution in [2.75, 3.05) is 0 Å². The van der Waals surface area contributed by atoms with Crippen molar-refractivity contribution < 1.29 is 9.59 Å². The number of hydrogen-bond acceptors (Lipinski definition) is 2. The Balaban J connectivity index is 1.86. The van der Waals surface area contributed by atoms with E-state index in [-0.39, 0.29) is 11.7 Å². The number of ketones is 1. The van der Waals surface area contributed by atoms with E-state index in [4.69, 9.17) is 0 Å². The Morgan fingerprint density at radius 2 is 1.42 bits per heavy atom. The molecule has 0 fully saturated rings. The zero-order valence-corrected chi connectivity index (χ0v) is 16.1. The van der Waals surface area contributed by atoms with Crippen LogP contribution in [0.4, 0.5) is 0 Å². The maximum atomic E-state index is 13.2. The largest absolute Gasteiger partial charge is 0.317 e. The third kappa shape index (κ3) is 2.74. The van der Waals surface area contributed by atoms with Gasteiger partial charge in [-0.15, -0.1) is 0 Å². The predicted octanol–water partition coefficient (Wildman–Crippen LogP) is 4.31. The number of nitrogens with zero attached hydrogens (tertiary/aromatic N) is 1. The highest BCUT2D eigenvalue weighted by atomic mass is 127. The van der Waals surface area contributed by atoms with Crippen LogP contribution in [0.3, 0.4) is 0 Å². The van der Waals surface area contributed by atoms with Crippen LogP contribution in [-0.2, 0) is 16.1 Å². The highest BCUT2D eigenvalue weighted by molar-refractivity contribution is 14.1. The van der Waals surface area contributed by atoms with Crippen LogP contribution in [-0.4, -0.2) is 22.1 Å². The lowest BCUT2D eigenvalue weighted by Crippen LogP contribution is -2.45. The maximum Gasteiger partial charge on any atom is 0.261 e. The van der Waals surface area contributed by atoms with Gasteiger partial charge in [-0.25, -0.2) is 0 Å². The van der Waals surface area contributed by atoms with Crippen LogP contribution >= 0.6 is 22.6 Å². The lowest BCUT2D eigenvalue weighted by molar-refractivity contribution is -0.127. The molecular weight excluding hydrogens is 437 g/mol. The van der Waals surface area contributed by atoms with Crippen molar-refractivity contribution >= 4 is 39.9 Å². The van der Waals surface area contributed by atoms with Gasteiger partial charge in [0.15, 0.2) is 5.78 Å². The molecule has 0 N–H and O–H groups in total. The highest BCUT2D eigenvalue weighted by Gasteiger charge is 2.49. The van der Waals surface area contributed by atoms with Gasteiger partial charge >= 0.3 is 0 Å². The van der Waals surface area contributed by atoms with Crippen LogP contribution in [0.2, 0.25) is 0 Å². The Morgan fingerprint density at radius 3 is 2.04 bits per heavy atom. The molecule has 1 aliphatic heterocycles. The lowest BCUT2D eigenvalue weighted by Gasteiger charge is -2.37. The summed E-state index contributed by atoms with van der Waals surface area (Å²) in [6, 6.07) is 19.8. The van der Waals surface area contributed by atoms with E-state index in [1.54, 1.807) is 12.2 Å². The third-order valence-corrected chi connectivity index (χ3v) is 5.75. The molecule has 4 heteroatoms. The van der Waals surface area contributed by atoms with E-state index in [2.05, 4.69) is 22.6 Å². The first kappa shape index (κ1) is 17.0. The fourth-order valence-electron chi connectivity index (χ4n) is 3.51. The van der Waals surface area contributed by atoms with Crippen LogP contribution < -0.4 is 0 Å². The summed E-state index contributed by atoms with van der Waals surface area (Å²) in [6.07, 6.45) is 6.82. The molecule has 1 amide bonds. The Labute approximate surface area is 165 Å². The summed E-state index contributed by atoms with van der Waals surface area (Å²) in [5.74, 6) is -0.0750. The maximum absolute atomic E-state index is 13.2. The first-order chi connectivity index (χ1) is 12.6. The van der Waals surface area contributed by atoms with Gasteiger partial charge in [-0.2, -0.15) is 0 Å². The number of allylic oxidation sites excluding steroid dienone is 2. The van der Waals surface area contributed by atoms with E-state index < -0.39 is 5.54 Å². The molecule has 0 radical (unpaired) electrons. The molecule has 3 nitrogen and oxygen atoms in total. The first-order valence-corrected chi connectivity index (χ1v) is 9.44. The van der Waals surface area contributed by atoms with Gasteiger partial charge in [-0.05, 0) is 58.0 Å². The van der Waals surface area contributed by atoms with E-state index in [9.17, 15) is 9.59 Å². The van der Waals surface area contributed by atoms with Gasteiger partial charge < -0.3 is 4.90 Å². The van der Waals surface area contributed by atoms with E-state index in [0.717, 1.165) is 16.7 Å². The smallest absolute Gasteiger partial charge is 0.261 e. The number of halogens is 1. The van der Waals surface area contributed by atoms with E-state index in [1.807, 2.05) is 77.7 Å². The monoisotopic (exact) mass is 453 g/mol. The Kier molecular flexibility index (Phi) is 4.36. The van der Waals surface area contributed by atoms with Crippen molar-refractivity contribution in [2.45, 2.75) is 12.1 Å². The van der Waals surface area contributed by atoms with E-state index in [1.165, 1.54) is 0 Å². The molecule has 0 atom stereocenters. The SMILES string of the molecule is O=C1C=CC2(C=C1)C(c1ccccc1)=C(I)C(=O)N2Cc1ccccc1. The van der Waals surface area contributed by atoms with Gasteiger partial charge in [0, 0.05) is 12.1 Å². The average molecular weight is 453 g/mol. The quantitative estimate of drug-likeness (QED) is 0.650. The summed E-state index contributed by atoms with van der Waals surface area (Å²) >= 11 is 2.13. The molecule has 0 saturated carbocycles. The molecular formula is C22H16INO2. The lowest BCUT2D eigenvalue weighted by atomic mass is 9.82. The summed E-state index contributed by atoms with van der Waals surface area (Å²) < 4.78 is 0.688. The van der Waals surface area contributed by atoms with Crippen molar-refractivity contribution in [2.24, 2.45) is 0 Å². The summed E-state index contributed by atoms with van der Waals surface area (Å²) in [5, 5.41) is 0. The topological polar surface area (TPSA) is 37.4 Å². The van der Waals surface area contributed by atoms with Crippen LogP contribution in [0.1, 0.15) is 11.1 Å². The Bertz CT molecular complexity index is 942. The van der Waals surface area contributed by atoms with Gasteiger partial charge in [0.25, 0.3) is 5.91 Å². The van der Waals surface area contributed by atoms with Crippen LogP contribution in [0.25, 0.3) is 5.57 Å². The van der Waals surface area contributed by atoms with Gasteiger partial charge in [0.05, 0.1) is 3.58 Å². The number of carbonyl (C=O) groups is 2. The van der Waals surface area contributed by atoms with Crippen LogP contribution in [0, 0.1) is 0 Å². The van der Waals surface area contributed by atoms with Crippen molar-refractivity contribution in [3.63, 3.8) is 0 Å². The average Bonchev–Trinajstić information content (AvgIpc) is 2.87. The molecule has 0 saturated heterocycles. The van der Waals surface area contributed by atoms with Crippen molar-refractivity contribution in [3.8, 4) is 0 Å². The summed E-state index contributed by atoms with van der Waals surface area (Å²) in [6.45, 7) is 0.478. The fourth-order valence-corrected chi connectivity index (χ4v) is 4.55. The molecule has 1 spiro atoms. The minimum atomic E-state index is -0.737. The second-order valence-electron chi connectivity index (χ2n) is 6.33. The zero-order chi connectivity index (χ0) is 18.1. The second kappa shape index (κ2) is 6.68. The minimum absolute atomic E-state index is 0.0167. The number of carbonyl (C=O) groups excluding carboxylic acids is 2. The Hall–Kier alpha value is -2.47. The Morgan fingerprint density at radius 1 is 0.846 bits per heavy atom. The molecule has 0 bridgehead atoms. The van der Waals surface area contributed by atoms with Crippen molar-refractivity contribution in [1.29, 1.82) is 0 Å². The van der Waals surface area contributed by atoms with Gasteiger partial charge in [-0.3, -0.25) is 9.59 Å². The molecule has 0 unspecified atom stereocenters. The molecule has 0 aromatic heterocycles. The molecule has 4 rings (SSSR count). The molecule has 1 aliphatic carbocycles. The van der Waals surface area contributed by atoms with Crippen molar-refractivity contribution in [3.05, 3.63) is 99.7 Å². The molecule has 1 heterocycles. The van der Waals surface area contributed by atoms with E-state index >= 15 is 0 Å². The van der Waals surface area contributed by atoms with E-state index in [0.29, 0.717) is 10.1 Å². The third-order valence-electron chi connectivity index (χ3n) is 4.75. The van der Waals surface area contributed by atoms with Crippen LogP contribution in [0.15, 0.2) is 88.5 Å². The minimum Gasteiger partial charge on any atom is -0.317 e. The zero-order valence-electron chi connectivity index (χ0n) is 13.9. The molecule has 2 aromatic rings. The standard InChI is InChI=1S/C22H16INO2/c23-20-19(17-9-5-2-6-10-17)22(13-11-18(25)12-14-22)24(21(20)26)15-16-7-3-1-4-8-16/h1-14H,15H2. The predicted molar refractivity (Wildman–Crippen MR) is 110 cm³/mol. The first-order valence-electron chi connectivity index (χ1n) is 8.36. The molecule has 128 valence electrons. The summed E-state index contributed by atoms with van der Waals surface area (Å²) in [7, 11) is 0. The number of benzene rings is 2. The molecule has 26 heavy (non-hydrogen) atoms. The number of hydrogen-bond donors (Lipinski definition) is 0. The summed E-state index contributed by atoms with van der Waals surface area (Å²) in [5.41, 5.74) is 2.24. The molecule has 2 aromatic carbocycles. The van der Waals surface area contributed by atoms with Gasteiger partial charge in [-0.1, -0.05) is 60.7 Å². The highest BCUT2D eigenvalue weighted by Crippen LogP contribution is 2.47. The number of rotatable bonds is 3. The van der Waals surface area contributed by atoms with Gasteiger partial charge in [0.2, 0.25) is 0 Å². The normalized spacial score (nSPS) is 18.3. The van der Waals surface area contributed by atoms with Gasteiger partial charge in [0.1, 0.15) is 5.54 Å². The summed E-state index contributed by atoms with van der Waals surface area (Å²) in [4.78, 5) is 26.8. The molecule has 2 aliphatic rings. The van der Waals surface area contributed by atoms with Crippen LogP contribution in [0.5, 0.6) is 0 Å². The fraction of sp³-hybridized carbons (Fsp3) is 0.0909.